The summed E-state index contributed by atoms with van der Waals surface area (Å²) in [6.07, 6.45) is 3.48. The first-order chi connectivity index (χ1) is 9.36. The van der Waals surface area contributed by atoms with Gasteiger partial charge in [-0.25, -0.2) is 8.78 Å². The van der Waals surface area contributed by atoms with E-state index in [1.54, 1.807) is 13.0 Å². The van der Waals surface area contributed by atoms with E-state index in [-0.39, 0.29) is 18.6 Å². The fourth-order valence-corrected chi connectivity index (χ4v) is 2.54. The summed E-state index contributed by atoms with van der Waals surface area (Å²) in [6.45, 7) is 0.772. The summed E-state index contributed by atoms with van der Waals surface area (Å²) in [5.41, 5.74) is -1.43. The van der Waals surface area contributed by atoms with E-state index in [4.69, 9.17) is 4.42 Å². The first kappa shape index (κ1) is 15.0. The highest BCUT2D eigenvalue weighted by atomic mass is 19.3. The first-order valence-electron chi connectivity index (χ1n) is 6.78. The van der Waals surface area contributed by atoms with Crippen LogP contribution in [-0.4, -0.2) is 29.1 Å². The van der Waals surface area contributed by atoms with Crippen molar-refractivity contribution in [3.05, 3.63) is 23.7 Å². The minimum Gasteiger partial charge on any atom is -0.459 e. The van der Waals surface area contributed by atoms with Gasteiger partial charge in [0.1, 0.15) is 5.60 Å². The van der Waals surface area contributed by atoms with Crippen molar-refractivity contribution in [1.29, 1.82) is 0 Å². The Morgan fingerprint density at radius 1 is 1.45 bits per heavy atom. The van der Waals surface area contributed by atoms with Crippen molar-refractivity contribution in [3.63, 3.8) is 0 Å². The molecule has 1 aliphatic rings. The highest BCUT2D eigenvalue weighted by molar-refractivity contribution is 5.92. The van der Waals surface area contributed by atoms with E-state index in [0.29, 0.717) is 18.4 Å². The molecule has 4 nitrogen and oxygen atoms in total. The zero-order valence-corrected chi connectivity index (χ0v) is 11.4. The number of aliphatic hydroxyl groups is 1. The minimum absolute atomic E-state index is 0.0245. The predicted molar refractivity (Wildman–Crippen MR) is 68.8 cm³/mol. The van der Waals surface area contributed by atoms with Gasteiger partial charge < -0.3 is 14.8 Å². The van der Waals surface area contributed by atoms with Crippen LogP contribution in [0.5, 0.6) is 0 Å². The Morgan fingerprint density at radius 3 is 2.65 bits per heavy atom. The van der Waals surface area contributed by atoms with Crippen LogP contribution in [0.2, 0.25) is 0 Å². The molecule has 0 bridgehead atoms. The van der Waals surface area contributed by atoms with Gasteiger partial charge in [-0.15, -0.1) is 0 Å². The van der Waals surface area contributed by atoms with Crippen molar-refractivity contribution in [2.24, 2.45) is 0 Å². The molecule has 0 radical (unpaired) electrons. The van der Waals surface area contributed by atoms with E-state index in [9.17, 15) is 18.7 Å². The third-order valence-electron chi connectivity index (χ3n) is 3.90. The maximum absolute atomic E-state index is 14.1. The number of halogens is 2. The number of furan rings is 1. The Labute approximate surface area is 116 Å². The van der Waals surface area contributed by atoms with E-state index in [0.717, 1.165) is 6.42 Å². The average molecular weight is 287 g/mol. The first-order valence-corrected chi connectivity index (χ1v) is 6.78. The summed E-state index contributed by atoms with van der Waals surface area (Å²) in [4.78, 5) is 11.7. The van der Waals surface area contributed by atoms with Crippen molar-refractivity contribution in [2.45, 2.75) is 50.6 Å². The summed E-state index contributed by atoms with van der Waals surface area (Å²) in [5.74, 6) is -4.01. The fourth-order valence-electron chi connectivity index (χ4n) is 2.54. The summed E-state index contributed by atoms with van der Waals surface area (Å²) in [7, 11) is 0. The number of hydrogen-bond donors (Lipinski definition) is 2. The third kappa shape index (κ3) is 2.85. The zero-order valence-electron chi connectivity index (χ0n) is 11.4. The van der Waals surface area contributed by atoms with Crippen molar-refractivity contribution < 1.29 is 23.1 Å². The van der Waals surface area contributed by atoms with Crippen LogP contribution in [0.4, 0.5) is 8.78 Å². The monoisotopic (exact) mass is 287 g/mol. The van der Waals surface area contributed by atoms with Crippen LogP contribution in [0.15, 0.2) is 16.7 Å². The Kier molecular flexibility index (Phi) is 4.13. The molecule has 0 saturated heterocycles. The molecule has 2 rings (SSSR count). The third-order valence-corrected chi connectivity index (χ3v) is 3.90. The number of carbonyl (C=O) groups is 1. The van der Waals surface area contributed by atoms with Crippen LogP contribution < -0.4 is 5.32 Å². The van der Waals surface area contributed by atoms with Gasteiger partial charge in [-0.3, -0.25) is 4.79 Å². The molecule has 0 spiro atoms. The Hall–Kier alpha value is -1.43. The molecule has 1 aromatic rings. The van der Waals surface area contributed by atoms with E-state index < -0.39 is 24.0 Å². The lowest BCUT2D eigenvalue weighted by Gasteiger charge is -2.38. The molecular formula is C14H19F2NO3. The SMILES string of the molecule is Cc1ccoc1C(=O)NCC(F)(F)C1(O)CCCCC1. The Morgan fingerprint density at radius 2 is 2.10 bits per heavy atom. The molecular weight excluding hydrogens is 268 g/mol. The topological polar surface area (TPSA) is 62.5 Å². The summed E-state index contributed by atoms with van der Waals surface area (Å²) < 4.78 is 33.1. The van der Waals surface area contributed by atoms with Crippen LogP contribution in [0.3, 0.4) is 0 Å². The number of hydrogen-bond acceptors (Lipinski definition) is 3. The number of alkyl halides is 2. The van der Waals surface area contributed by atoms with Crippen LogP contribution in [0, 0.1) is 6.92 Å². The van der Waals surface area contributed by atoms with Gasteiger partial charge in [0, 0.05) is 5.56 Å². The quantitative estimate of drug-likeness (QED) is 0.895. The van der Waals surface area contributed by atoms with E-state index >= 15 is 0 Å². The van der Waals surface area contributed by atoms with Gasteiger partial charge >= 0.3 is 0 Å². The Bertz CT molecular complexity index is 479. The van der Waals surface area contributed by atoms with Gasteiger partial charge in [-0.1, -0.05) is 19.3 Å². The van der Waals surface area contributed by atoms with Gasteiger partial charge in [-0.05, 0) is 25.8 Å². The molecule has 1 aromatic heterocycles. The second kappa shape index (κ2) is 5.52. The standard InChI is InChI=1S/C14H19F2NO3/c1-10-5-8-20-11(10)12(18)17-9-14(15,16)13(19)6-3-2-4-7-13/h5,8,19H,2-4,6-7,9H2,1H3,(H,17,18). The fraction of sp³-hybridized carbons (Fsp3) is 0.643. The van der Waals surface area contributed by atoms with Crippen molar-refractivity contribution in [1.82, 2.24) is 5.32 Å². The number of amides is 1. The van der Waals surface area contributed by atoms with Crippen LogP contribution >= 0.6 is 0 Å². The molecule has 0 aliphatic heterocycles. The van der Waals surface area contributed by atoms with Gasteiger partial charge in [0.15, 0.2) is 5.76 Å². The largest absolute Gasteiger partial charge is 0.459 e. The van der Waals surface area contributed by atoms with Crippen LogP contribution in [0.1, 0.15) is 48.2 Å². The summed E-state index contributed by atoms with van der Waals surface area (Å²) in [5, 5.41) is 12.2. The molecule has 1 heterocycles. The maximum atomic E-state index is 14.1. The molecule has 1 saturated carbocycles. The van der Waals surface area contributed by atoms with Gasteiger partial charge in [0.2, 0.25) is 0 Å². The Balaban J connectivity index is 1.98. The van der Waals surface area contributed by atoms with Crippen molar-refractivity contribution in [3.8, 4) is 0 Å². The number of rotatable bonds is 4. The molecule has 112 valence electrons. The molecule has 20 heavy (non-hydrogen) atoms. The second-order valence-electron chi connectivity index (χ2n) is 5.41. The number of aryl methyl sites for hydroxylation is 1. The number of nitrogens with one attached hydrogen (secondary N) is 1. The van der Waals surface area contributed by atoms with Gasteiger partial charge in [0.25, 0.3) is 11.8 Å². The van der Waals surface area contributed by atoms with E-state index in [2.05, 4.69) is 5.32 Å². The molecule has 1 amide bonds. The van der Waals surface area contributed by atoms with E-state index in [1.165, 1.54) is 6.26 Å². The molecule has 1 aliphatic carbocycles. The lowest BCUT2D eigenvalue weighted by molar-refractivity contribution is -0.191. The normalized spacial score (nSPS) is 18.8. The minimum atomic E-state index is -3.34. The lowest BCUT2D eigenvalue weighted by atomic mass is 9.80. The molecule has 0 aromatic carbocycles. The highest BCUT2D eigenvalue weighted by Crippen LogP contribution is 2.40. The summed E-state index contributed by atoms with van der Waals surface area (Å²) in [6, 6.07) is 1.59. The second-order valence-corrected chi connectivity index (χ2v) is 5.41. The van der Waals surface area contributed by atoms with E-state index in [1.807, 2.05) is 0 Å². The highest BCUT2D eigenvalue weighted by Gasteiger charge is 2.52. The molecule has 0 atom stereocenters. The predicted octanol–water partition coefficient (Wildman–Crippen LogP) is 2.65. The maximum Gasteiger partial charge on any atom is 0.293 e. The number of carbonyl (C=O) groups excluding carboxylic acids is 1. The smallest absolute Gasteiger partial charge is 0.293 e. The molecule has 6 heteroatoms. The van der Waals surface area contributed by atoms with Crippen LogP contribution in [0.25, 0.3) is 0 Å². The van der Waals surface area contributed by atoms with Gasteiger partial charge in [0.05, 0.1) is 12.8 Å². The molecule has 2 N–H and O–H groups in total. The summed E-state index contributed by atoms with van der Waals surface area (Å²) >= 11 is 0. The molecule has 0 unspecified atom stereocenters. The lowest BCUT2D eigenvalue weighted by Crippen LogP contribution is -2.55. The van der Waals surface area contributed by atoms with Crippen LogP contribution in [-0.2, 0) is 0 Å². The zero-order chi connectivity index (χ0) is 14.8. The molecule has 1 fully saturated rings. The van der Waals surface area contributed by atoms with Crippen molar-refractivity contribution >= 4 is 5.91 Å². The average Bonchev–Trinajstić information content (AvgIpc) is 2.83. The van der Waals surface area contributed by atoms with Gasteiger partial charge in [-0.2, -0.15) is 0 Å². The van der Waals surface area contributed by atoms with Crippen molar-refractivity contribution in [2.75, 3.05) is 6.54 Å².